The van der Waals surface area contributed by atoms with E-state index in [2.05, 4.69) is 4.99 Å². The molecular weight excluding hydrogens is 609 g/mol. The number of benzene rings is 1. The van der Waals surface area contributed by atoms with E-state index < -0.39 is 72.4 Å². The first kappa shape index (κ1) is 32.2. The van der Waals surface area contributed by atoms with Crippen LogP contribution in [0.15, 0.2) is 44.9 Å². The monoisotopic (exact) mass is 637 g/mol. The van der Waals surface area contributed by atoms with Gasteiger partial charge in [0.2, 0.25) is 18.2 Å². The minimum Gasteiger partial charge on any atom is -0.463 e. The topological polar surface area (TPSA) is 153 Å². The Balaban J connectivity index is 1.76. The molecule has 12 nitrogen and oxygen atoms in total. The number of carbonyl (C=O) groups is 5. The molecule has 230 valence electrons. The molecule has 1 fully saturated rings. The molecule has 0 radical (unpaired) electrons. The number of ether oxygens (including phenoxy) is 6. The van der Waals surface area contributed by atoms with Crippen molar-refractivity contribution >= 4 is 64.3 Å². The lowest BCUT2D eigenvalue weighted by atomic mass is 9.71. The number of hydrogen-bond acceptors (Lipinski definition) is 12. The Hall–Kier alpha value is -3.74. The lowest BCUT2D eigenvalue weighted by Crippen LogP contribution is -2.63. The smallest absolute Gasteiger partial charge is 0.303 e. The Bertz CT molecular complexity index is 1480. The Kier molecular flexibility index (Phi) is 9.33. The summed E-state index contributed by atoms with van der Waals surface area (Å²) in [7, 11) is 0. The summed E-state index contributed by atoms with van der Waals surface area (Å²) in [6.07, 6.45) is -5.25. The van der Waals surface area contributed by atoms with Gasteiger partial charge in [-0.3, -0.25) is 24.0 Å². The highest BCUT2D eigenvalue weighted by Gasteiger charge is 2.53. The number of rotatable bonds is 7. The molecule has 1 aromatic rings. The predicted molar refractivity (Wildman–Crippen MR) is 151 cm³/mol. The second kappa shape index (κ2) is 12.5. The Morgan fingerprint density at radius 2 is 1.51 bits per heavy atom. The second-order valence-corrected chi connectivity index (χ2v) is 11.3. The Morgan fingerprint density at radius 3 is 2.12 bits per heavy atom. The number of halogens is 2. The van der Waals surface area contributed by atoms with Gasteiger partial charge in [-0.1, -0.05) is 37.0 Å². The quantitative estimate of drug-likeness (QED) is 0.244. The SMILES string of the molecule is CC(=O)OC[C@H]1O[C@@H](Oc2ccc3c(c2)C(C)(C)C2=C(Cl)C(=O)C(Cl)=CC2=N3)[C@H](OC(C)=O)[C@@H](OC(C)=O)[C@H]1OC(C)=O. The standard InChI is InChI=1S/C29H29Cl2NO11/c1-12(33)38-11-21-25(39-13(2)34)26(40-14(3)35)27(41-15(4)36)28(43-21)42-16-7-8-19-17(9-16)29(5,6)22-20(32-19)10-18(30)24(37)23(22)31/h7-10,21,25-28H,11H2,1-6H3/t21-,25+,26+,27-,28-/m1/s1. The van der Waals surface area contributed by atoms with Crippen molar-refractivity contribution in [2.24, 2.45) is 4.99 Å². The zero-order valence-corrected chi connectivity index (χ0v) is 25.6. The van der Waals surface area contributed by atoms with E-state index >= 15 is 0 Å². The van der Waals surface area contributed by atoms with Crippen molar-refractivity contribution in [1.29, 1.82) is 0 Å². The number of hydrogen-bond donors (Lipinski definition) is 0. The van der Waals surface area contributed by atoms with Crippen molar-refractivity contribution in [3.63, 3.8) is 0 Å². The second-order valence-electron chi connectivity index (χ2n) is 10.5. The average Bonchev–Trinajstić information content (AvgIpc) is 2.89. The minimum atomic E-state index is -1.43. The largest absolute Gasteiger partial charge is 0.463 e. The van der Waals surface area contributed by atoms with E-state index in [9.17, 15) is 24.0 Å². The summed E-state index contributed by atoms with van der Waals surface area (Å²) in [5.41, 5.74) is 1.33. The zero-order valence-electron chi connectivity index (χ0n) is 24.1. The number of ketones is 1. The Morgan fingerprint density at radius 1 is 0.907 bits per heavy atom. The molecule has 0 N–H and O–H groups in total. The summed E-state index contributed by atoms with van der Waals surface area (Å²) in [5.74, 6) is -3.21. The van der Waals surface area contributed by atoms with Crippen LogP contribution >= 0.6 is 23.2 Å². The molecule has 0 bridgehead atoms. The van der Waals surface area contributed by atoms with E-state index in [4.69, 9.17) is 51.6 Å². The van der Waals surface area contributed by atoms with Gasteiger partial charge in [-0.15, -0.1) is 0 Å². The summed E-state index contributed by atoms with van der Waals surface area (Å²) in [6.45, 7) is 7.88. The third kappa shape index (κ3) is 6.76. The molecule has 2 heterocycles. The molecule has 1 aromatic carbocycles. The molecule has 4 rings (SSSR count). The van der Waals surface area contributed by atoms with Crippen LogP contribution in [0.3, 0.4) is 0 Å². The van der Waals surface area contributed by atoms with Crippen LogP contribution in [0.5, 0.6) is 5.75 Å². The van der Waals surface area contributed by atoms with Gasteiger partial charge in [-0.25, -0.2) is 4.99 Å². The maximum absolute atomic E-state index is 12.5. The van der Waals surface area contributed by atoms with Gasteiger partial charge in [-0.05, 0) is 29.8 Å². The molecular formula is C29H29Cl2NO11. The molecule has 0 aromatic heterocycles. The van der Waals surface area contributed by atoms with Crippen molar-refractivity contribution < 1.29 is 52.4 Å². The number of fused-ring (bicyclic) bond motifs is 2. The highest BCUT2D eigenvalue weighted by atomic mass is 35.5. The molecule has 14 heteroatoms. The van der Waals surface area contributed by atoms with Gasteiger partial charge < -0.3 is 28.4 Å². The van der Waals surface area contributed by atoms with E-state index in [1.165, 1.54) is 13.0 Å². The summed E-state index contributed by atoms with van der Waals surface area (Å²) in [6, 6.07) is 4.92. The molecule has 2 aliphatic heterocycles. The van der Waals surface area contributed by atoms with Crippen LogP contribution in [0.1, 0.15) is 47.1 Å². The highest BCUT2D eigenvalue weighted by Crippen LogP contribution is 2.48. The molecule has 0 amide bonds. The number of carbonyl (C=O) groups excluding carboxylic acids is 5. The van der Waals surface area contributed by atoms with Gasteiger partial charge in [0, 0.05) is 38.7 Å². The fourth-order valence-corrected chi connectivity index (χ4v) is 5.82. The van der Waals surface area contributed by atoms with Crippen LogP contribution in [-0.4, -0.2) is 72.7 Å². The third-order valence-corrected chi connectivity index (χ3v) is 7.50. The van der Waals surface area contributed by atoms with Gasteiger partial charge in [-0.2, -0.15) is 0 Å². The number of aliphatic imine (C=N–C) groups is 1. The maximum atomic E-state index is 12.5. The first-order chi connectivity index (χ1) is 20.1. The molecule has 3 aliphatic rings. The van der Waals surface area contributed by atoms with E-state index in [0.29, 0.717) is 22.5 Å². The van der Waals surface area contributed by atoms with Gasteiger partial charge in [0.05, 0.1) is 21.5 Å². The first-order valence-electron chi connectivity index (χ1n) is 13.1. The van der Waals surface area contributed by atoms with Gasteiger partial charge in [0.15, 0.2) is 12.2 Å². The zero-order chi connectivity index (χ0) is 31.8. The van der Waals surface area contributed by atoms with Gasteiger partial charge in [0.25, 0.3) is 0 Å². The number of allylic oxidation sites excluding steroid dienone is 4. The van der Waals surface area contributed by atoms with E-state index in [1.807, 2.05) is 13.8 Å². The maximum Gasteiger partial charge on any atom is 0.303 e. The number of nitrogens with zero attached hydrogens (tertiary/aromatic N) is 1. The summed E-state index contributed by atoms with van der Waals surface area (Å²) < 4.78 is 33.6. The van der Waals surface area contributed by atoms with Crippen molar-refractivity contribution in [3.05, 3.63) is 45.5 Å². The van der Waals surface area contributed by atoms with Crippen LogP contribution in [0, 0.1) is 0 Å². The Labute approximate surface area is 256 Å². The fourth-order valence-electron chi connectivity index (χ4n) is 5.14. The van der Waals surface area contributed by atoms with Crippen molar-refractivity contribution in [3.8, 4) is 5.75 Å². The molecule has 5 atom stereocenters. The fraction of sp³-hybridized carbons (Fsp3) is 0.448. The van der Waals surface area contributed by atoms with Crippen LogP contribution in [0.25, 0.3) is 0 Å². The van der Waals surface area contributed by atoms with E-state index in [-0.39, 0.29) is 15.8 Å². The summed E-state index contributed by atoms with van der Waals surface area (Å²) >= 11 is 12.5. The minimum absolute atomic E-state index is 0.0460. The van der Waals surface area contributed by atoms with Gasteiger partial charge >= 0.3 is 23.9 Å². The average molecular weight is 638 g/mol. The predicted octanol–water partition coefficient (Wildman–Crippen LogP) is 3.71. The van der Waals surface area contributed by atoms with Crippen molar-refractivity contribution in [2.45, 2.75) is 77.7 Å². The van der Waals surface area contributed by atoms with Crippen LogP contribution < -0.4 is 4.74 Å². The molecule has 0 saturated carbocycles. The normalized spacial score (nSPS) is 25.8. The first-order valence-corrected chi connectivity index (χ1v) is 13.9. The summed E-state index contributed by atoms with van der Waals surface area (Å²) in [5, 5.41) is -0.0943. The van der Waals surface area contributed by atoms with E-state index in [0.717, 1.165) is 20.8 Å². The molecule has 0 spiro atoms. The van der Waals surface area contributed by atoms with Crippen molar-refractivity contribution in [2.75, 3.05) is 6.61 Å². The number of esters is 4. The van der Waals surface area contributed by atoms with E-state index in [1.54, 1.807) is 18.2 Å². The van der Waals surface area contributed by atoms with Crippen LogP contribution in [-0.2, 0) is 53.1 Å². The lowest BCUT2D eigenvalue weighted by Gasteiger charge is -2.44. The number of Topliss-reactive ketones (excluding diaryl/α,β-unsaturated/α-hetero) is 1. The third-order valence-electron chi connectivity index (χ3n) is 6.86. The van der Waals surface area contributed by atoms with Crippen molar-refractivity contribution in [1.82, 2.24) is 0 Å². The van der Waals surface area contributed by atoms with Crippen LogP contribution in [0.2, 0.25) is 0 Å². The molecule has 0 unspecified atom stereocenters. The van der Waals surface area contributed by atoms with Gasteiger partial charge in [0.1, 0.15) is 18.5 Å². The summed E-state index contributed by atoms with van der Waals surface area (Å²) in [4.78, 5) is 64.9. The highest BCUT2D eigenvalue weighted by molar-refractivity contribution is 6.58. The molecule has 1 aliphatic carbocycles. The molecule has 1 saturated heterocycles. The lowest BCUT2D eigenvalue weighted by molar-refractivity contribution is -0.288. The molecule has 43 heavy (non-hydrogen) atoms. The van der Waals surface area contributed by atoms with Crippen LogP contribution in [0.4, 0.5) is 5.69 Å².